The van der Waals surface area contributed by atoms with Gasteiger partial charge in [-0.1, -0.05) is 53.8 Å². The molecule has 9 heteroatoms. The van der Waals surface area contributed by atoms with E-state index < -0.39 is 6.17 Å². The molecule has 1 aromatic heterocycles. The van der Waals surface area contributed by atoms with Crippen LogP contribution in [0.4, 0.5) is 10.8 Å². The molecule has 0 bridgehead atoms. The average Bonchev–Trinajstić information content (AvgIpc) is 3.17. The van der Waals surface area contributed by atoms with Crippen LogP contribution in [-0.4, -0.2) is 40.6 Å². The topological polar surface area (TPSA) is 96.5 Å². The Morgan fingerprint density at radius 2 is 1.93 bits per heavy atom. The Hall–Kier alpha value is -3.30. The van der Waals surface area contributed by atoms with E-state index in [1.807, 2.05) is 42.5 Å². The van der Waals surface area contributed by atoms with E-state index in [0.29, 0.717) is 22.3 Å². The number of fused-ring (bicyclic) bond motifs is 1. The number of aromatic nitrogens is 2. The molecule has 0 saturated carbocycles. The standard InChI is InChI=1S/C20H19N5O3S/c1-28-12-17-23-24-20(29-17)22-16(26)11-25-18(13-7-3-2-4-8-13)21-15-10-6-5-9-14(15)19(25)27/h2-10,18,21H,11-12H2,1H3,(H,22,24,26)/t18-/m0/s1. The van der Waals surface area contributed by atoms with E-state index in [-0.39, 0.29) is 18.4 Å². The van der Waals surface area contributed by atoms with Crippen LogP contribution in [0.5, 0.6) is 0 Å². The van der Waals surface area contributed by atoms with Crippen LogP contribution in [0.3, 0.4) is 0 Å². The molecule has 0 unspecified atom stereocenters. The van der Waals surface area contributed by atoms with Crippen LogP contribution in [0, 0.1) is 0 Å². The van der Waals surface area contributed by atoms with E-state index >= 15 is 0 Å². The van der Waals surface area contributed by atoms with Crippen molar-refractivity contribution in [2.45, 2.75) is 12.8 Å². The summed E-state index contributed by atoms with van der Waals surface area (Å²) in [5, 5.41) is 15.0. The summed E-state index contributed by atoms with van der Waals surface area (Å²) in [5.74, 6) is -0.554. The molecule has 1 aliphatic rings. The summed E-state index contributed by atoms with van der Waals surface area (Å²) in [6, 6.07) is 16.8. The van der Waals surface area contributed by atoms with Crippen LogP contribution < -0.4 is 10.6 Å². The largest absolute Gasteiger partial charge is 0.377 e. The summed E-state index contributed by atoms with van der Waals surface area (Å²) in [5.41, 5.74) is 2.17. The molecule has 0 saturated heterocycles. The second kappa shape index (κ2) is 8.38. The maximum atomic E-state index is 13.1. The number of anilines is 2. The first kappa shape index (κ1) is 19.0. The zero-order chi connectivity index (χ0) is 20.2. The Bertz CT molecular complexity index is 1020. The molecule has 2 aromatic carbocycles. The van der Waals surface area contributed by atoms with Gasteiger partial charge in [-0.3, -0.25) is 14.9 Å². The molecule has 0 spiro atoms. The molecule has 8 nitrogen and oxygen atoms in total. The number of carbonyl (C=O) groups excluding carboxylic acids is 2. The molecule has 1 aliphatic heterocycles. The molecular formula is C20H19N5O3S. The SMILES string of the molecule is COCc1nnc(NC(=O)CN2C(=O)c3ccccc3N[C@@H]2c2ccccc2)s1. The van der Waals surface area contributed by atoms with Gasteiger partial charge >= 0.3 is 0 Å². The summed E-state index contributed by atoms with van der Waals surface area (Å²) in [6.45, 7) is 0.202. The molecule has 148 valence electrons. The minimum Gasteiger partial charge on any atom is -0.377 e. The Labute approximate surface area is 171 Å². The van der Waals surface area contributed by atoms with Crippen LogP contribution >= 0.6 is 11.3 Å². The first-order chi connectivity index (χ1) is 14.2. The van der Waals surface area contributed by atoms with Crippen molar-refractivity contribution in [1.29, 1.82) is 0 Å². The fraction of sp³-hybridized carbons (Fsp3) is 0.200. The number of carbonyl (C=O) groups is 2. The van der Waals surface area contributed by atoms with Gasteiger partial charge in [-0.15, -0.1) is 10.2 Å². The number of hydrogen-bond donors (Lipinski definition) is 2. The Balaban J connectivity index is 1.57. The highest BCUT2D eigenvalue weighted by Gasteiger charge is 2.34. The van der Waals surface area contributed by atoms with E-state index in [1.165, 1.54) is 16.2 Å². The molecule has 3 aromatic rings. The molecule has 2 N–H and O–H groups in total. The van der Waals surface area contributed by atoms with Gasteiger partial charge in [0.15, 0.2) is 0 Å². The Morgan fingerprint density at radius 3 is 2.72 bits per heavy atom. The van der Waals surface area contributed by atoms with Crippen LogP contribution in [-0.2, 0) is 16.1 Å². The predicted octanol–water partition coefficient (Wildman–Crippen LogP) is 2.89. The molecule has 4 rings (SSSR count). The van der Waals surface area contributed by atoms with Gasteiger partial charge in [-0.05, 0) is 17.7 Å². The summed E-state index contributed by atoms with van der Waals surface area (Å²) in [7, 11) is 1.57. The third kappa shape index (κ3) is 4.10. The van der Waals surface area contributed by atoms with Gasteiger partial charge in [-0.2, -0.15) is 0 Å². The van der Waals surface area contributed by atoms with E-state index in [9.17, 15) is 9.59 Å². The maximum Gasteiger partial charge on any atom is 0.258 e. The van der Waals surface area contributed by atoms with E-state index in [1.54, 1.807) is 19.2 Å². The number of para-hydroxylation sites is 1. The first-order valence-corrected chi connectivity index (χ1v) is 9.80. The molecule has 0 fully saturated rings. The lowest BCUT2D eigenvalue weighted by Gasteiger charge is -2.37. The summed E-state index contributed by atoms with van der Waals surface area (Å²) in [6.07, 6.45) is -0.456. The number of benzene rings is 2. The van der Waals surface area contributed by atoms with Crippen molar-refractivity contribution in [3.63, 3.8) is 0 Å². The van der Waals surface area contributed by atoms with Gasteiger partial charge in [0.25, 0.3) is 5.91 Å². The predicted molar refractivity (Wildman–Crippen MR) is 110 cm³/mol. The molecule has 1 atom stereocenters. The molecule has 29 heavy (non-hydrogen) atoms. The van der Waals surface area contributed by atoms with E-state index in [2.05, 4.69) is 20.8 Å². The van der Waals surface area contributed by atoms with Crippen molar-refractivity contribution in [3.05, 3.63) is 70.7 Å². The second-order valence-corrected chi connectivity index (χ2v) is 7.48. The van der Waals surface area contributed by atoms with E-state index in [4.69, 9.17) is 4.74 Å². The Morgan fingerprint density at radius 1 is 1.17 bits per heavy atom. The third-order valence-electron chi connectivity index (χ3n) is 4.43. The molecule has 2 amide bonds. The van der Waals surface area contributed by atoms with Gasteiger partial charge in [0, 0.05) is 12.8 Å². The molecular weight excluding hydrogens is 390 g/mol. The van der Waals surface area contributed by atoms with Crippen molar-refractivity contribution in [2.24, 2.45) is 0 Å². The van der Waals surface area contributed by atoms with Crippen molar-refractivity contribution < 1.29 is 14.3 Å². The number of amides is 2. The Kier molecular flexibility index (Phi) is 5.50. The normalized spacial score (nSPS) is 15.6. The van der Waals surface area contributed by atoms with Gasteiger partial charge in [-0.25, -0.2) is 0 Å². The highest BCUT2D eigenvalue weighted by molar-refractivity contribution is 7.15. The zero-order valence-electron chi connectivity index (χ0n) is 15.7. The lowest BCUT2D eigenvalue weighted by Crippen LogP contribution is -2.46. The van der Waals surface area contributed by atoms with Gasteiger partial charge < -0.3 is 15.0 Å². The van der Waals surface area contributed by atoms with Crippen molar-refractivity contribution in [2.75, 3.05) is 24.3 Å². The summed E-state index contributed by atoms with van der Waals surface area (Å²) < 4.78 is 5.01. The maximum absolute atomic E-state index is 13.1. The fourth-order valence-corrected chi connectivity index (χ4v) is 3.88. The monoisotopic (exact) mass is 409 g/mol. The number of rotatable bonds is 6. The number of ether oxygens (including phenoxy) is 1. The van der Waals surface area contributed by atoms with Crippen LogP contribution in [0.15, 0.2) is 54.6 Å². The first-order valence-electron chi connectivity index (χ1n) is 8.98. The molecule has 2 heterocycles. The number of nitrogens with one attached hydrogen (secondary N) is 2. The van der Waals surface area contributed by atoms with Crippen LogP contribution in [0.25, 0.3) is 0 Å². The van der Waals surface area contributed by atoms with Crippen LogP contribution in [0.1, 0.15) is 27.1 Å². The number of nitrogens with zero attached hydrogens (tertiary/aromatic N) is 3. The summed E-state index contributed by atoms with van der Waals surface area (Å²) >= 11 is 1.24. The lowest BCUT2D eigenvalue weighted by atomic mass is 10.0. The van der Waals surface area contributed by atoms with Crippen molar-refractivity contribution in [3.8, 4) is 0 Å². The van der Waals surface area contributed by atoms with E-state index in [0.717, 1.165) is 11.3 Å². The third-order valence-corrected chi connectivity index (χ3v) is 5.24. The molecule has 0 aliphatic carbocycles. The van der Waals surface area contributed by atoms with Gasteiger partial charge in [0.1, 0.15) is 24.3 Å². The lowest BCUT2D eigenvalue weighted by molar-refractivity contribution is -0.117. The smallest absolute Gasteiger partial charge is 0.258 e. The minimum absolute atomic E-state index is 0.126. The number of methoxy groups -OCH3 is 1. The molecule has 0 radical (unpaired) electrons. The number of hydrogen-bond acceptors (Lipinski definition) is 7. The average molecular weight is 409 g/mol. The van der Waals surface area contributed by atoms with Crippen molar-refractivity contribution >= 4 is 34.0 Å². The van der Waals surface area contributed by atoms with Crippen LogP contribution in [0.2, 0.25) is 0 Å². The minimum atomic E-state index is -0.456. The van der Waals surface area contributed by atoms with Gasteiger partial charge in [0.2, 0.25) is 11.0 Å². The zero-order valence-corrected chi connectivity index (χ0v) is 16.5. The van der Waals surface area contributed by atoms with Gasteiger partial charge in [0.05, 0.1) is 5.56 Å². The highest BCUT2D eigenvalue weighted by Crippen LogP contribution is 2.32. The van der Waals surface area contributed by atoms with Crippen molar-refractivity contribution in [1.82, 2.24) is 15.1 Å². The highest BCUT2D eigenvalue weighted by atomic mass is 32.1. The summed E-state index contributed by atoms with van der Waals surface area (Å²) in [4.78, 5) is 27.3. The quantitative estimate of drug-likeness (QED) is 0.650. The second-order valence-electron chi connectivity index (χ2n) is 6.42. The fourth-order valence-electron chi connectivity index (χ4n) is 3.15.